The van der Waals surface area contributed by atoms with Crippen molar-refractivity contribution in [2.24, 2.45) is 0 Å². The zero-order valence-electron chi connectivity index (χ0n) is 15.4. The van der Waals surface area contributed by atoms with E-state index in [-0.39, 0.29) is 0 Å². The molecule has 0 nitrogen and oxygen atoms in total. The first-order valence-electron chi connectivity index (χ1n) is 9.88. The molecule has 3 heteroatoms. The lowest BCUT2D eigenvalue weighted by molar-refractivity contribution is 0.560. The molecule has 0 aliphatic carbocycles. The lowest BCUT2D eigenvalue weighted by Crippen LogP contribution is -1.90. The molecule has 1 aliphatic rings. The highest BCUT2D eigenvalue weighted by Gasteiger charge is 2.23. The summed E-state index contributed by atoms with van der Waals surface area (Å²) >= 11 is 6.10. The molecular weight excluding hydrogens is 360 g/mol. The number of unbranched alkanes of at least 4 members (excludes halogenated alkanes) is 5. The molecule has 0 saturated heterocycles. The standard InChI is InChI=1S/C22H28S3/c1-3-4-5-6-7-8-9-15(2)19-14-18-16-10-12-23-21(16)22-17(11-13-24-22)20(18)25-19/h10,12,14-15H,3-9,11,13H2,1-2H3. The van der Waals surface area contributed by atoms with Gasteiger partial charge in [-0.25, -0.2) is 0 Å². The summed E-state index contributed by atoms with van der Waals surface area (Å²) in [5, 5.41) is 5.31. The maximum absolute atomic E-state index is 2.53. The van der Waals surface area contributed by atoms with Crippen LogP contribution in [0.25, 0.3) is 20.2 Å². The van der Waals surface area contributed by atoms with Crippen LogP contribution in [0.4, 0.5) is 0 Å². The molecule has 3 heterocycles. The van der Waals surface area contributed by atoms with Crippen LogP contribution in [0.2, 0.25) is 0 Å². The second kappa shape index (κ2) is 8.02. The molecule has 2 aromatic heterocycles. The fourth-order valence-corrected chi connectivity index (χ4v) is 7.75. The van der Waals surface area contributed by atoms with E-state index in [1.165, 1.54) is 72.6 Å². The molecule has 3 aromatic rings. The van der Waals surface area contributed by atoms with Gasteiger partial charge in [0.25, 0.3) is 0 Å². The van der Waals surface area contributed by atoms with Crippen molar-refractivity contribution >= 4 is 54.6 Å². The minimum atomic E-state index is 0.710. The first kappa shape index (κ1) is 17.9. The quantitative estimate of drug-likeness (QED) is 0.348. The van der Waals surface area contributed by atoms with Gasteiger partial charge in [-0.05, 0) is 41.8 Å². The lowest BCUT2D eigenvalue weighted by atomic mass is 9.99. The van der Waals surface area contributed by atoms with E-state index in [9.17, 15) is 0 Å². The SMILES string of the molecule is CCCCCCCCC(C)c1cc2c(s1)c1c(c3sccc32)SCC1. The minimum absolute atomic E-state index is 0.710. The highest BCUT2D eigenvalue weighted by atomic mass is 32.2. The number of rotatable bonds is 8. The van der Waals surface area contributed by atoms with Gasteiger partial charge in [-0.1, -0.05) is 52.4 Å². The van der Waals surface area contributed by atoms with Gasteiger partial charge in [0, 0.05) is 35.7 Å². The molecule has 0 amide bonds. The summed E-state index contributed by atoms with van der Waals surface area (Å²) in [7, 11) is 0. The summed E-state index contributed by atoms with van der Waals surface area (Å²) in [4.78, 5) is 3.20. The molecule has 0 spiro atoms. The average molecular weight is 389 g/mol. The molecule has 4 rings (SSSR count). The number of aryl methyl sites for hydroxylation is 1. The Bertz CT molecular complexity index is 855. The van der Waals surface area contributed by atoms with Crippen molar-refractivity contribution in [2.75, 3.05) is 5.75 Å². The second-order valence-electron chi connectivity index (χ2n) is 7.42. The molecule has 0 fully saturated rings. The van der Waals surface area contributed by atoms with Gasteiger partial charge in [-0.15, -0.1) is 34.4 Å². The molecule has 0 radical (unpaired) electrons. The Hall–Kier alpha value is -0.510. The summed E-state index contributed by atoms with van der Waals surface area (Å²) in [5.41, 5.74) is 1.65. The molecule has 25 heavy (non-hydrogen) atoms. The Kier molecular flexibility index (Phi) is 5.74. The van der Waals surface area contributed by atoms with E-state index in [0.717, 1.165) is 0 Å². The fourth-order valence-electron chi connectivity index (χ4n) is 4.02. The Labute approximate surface area is 164 Å². The number of fused-ring (bicyclic) bond motifs is 6. The maximum Gasteiger partial charge on any atom is 0.0488 e. The van der Waals surface area contributed by atoms with Crippen molar-refractivity contribution in [2.45, 2.75) is 76.0 Å². The lowest BCUT2D eigenvalue weighted by Gasteiger charge is -2.08. The first-order valence-corrected chi connectivity index (χ1v) is 12.6. The molecule has 1 aliphatic heterocycles. The molecule has 1 atom stereocenters. The van der Waals surface area contributed by atoms with Crippen LogP contribution in [0.3, 0.4) is 0 Å². The van der Waals surface area contributed by atoms with E-state index in [1.807, 2.05) is 11.3 Å². The zero-order valence-corrected chi connectivity index (χ0v) is 17.8. The molecule has 0 N–H and O–H groups in total. The van der Waals surface area contributed by atoms with Gasteiger partial charge < -0.3 is 0 Å². The normalized spacial score (nSPS) is 15.3. The third-order valence-electron chi connectivity index (χ3n) is 5.54. The van der Waals surface area contributed by atoms with Crippen molar-refractivity contribution < 1.29 is 0 Å². The summed E-state index contributed by atoms with van der Waals surface area (Å²) in [5.74, 6) is 1.98. The summed E-state index contributed by atoms with van der Waals surface area (Å²) < 4.78 is 3.13. The van der Waals surface area contributed by atoms with E-state index in [2.05, 4.69) is 54.5 Å². The highest BCUT2D eigenvalue weighted by Crippen LogP contribution is 2.48. The first-order chi connectivity index (χ1) is 12.3. The Morgan fingerprint density at radius 2 is 1.88 bits per heavy atom. The molecular formula is C22H28S3. The van der Waals surface area contributed by atoms with Crippen LogP contribution in [-0.2, 0) is 6.42 Å². The van der Waals surface area contributed by atoms with Crippen molar-refractivity contribution in [3.63, 3.8) is 0 Å². The predicted octanol–water partition coefficient (Wildman–Crippen LogP) is 8.62. The Morgan fingerprint density at radius 1 is 1.04 bits per heavy atom. The largest absolute Gasteiger partial charge is 0.143 e. The molecule has 1 aromatic carbocycles. The predicted molar refractivity (Wildman–Crippen MR) is 118 cm³/mol. The van der Waals surface area contributed by atoms with Crippen LogP contribution in [-0.4, -0.2) is 5.75 Å². The summed E-state index contributed by atoms with van der Waals surface area (Å²) in [6.07, 6.45) is 11.0. The van der Waals surface area contributed by atoms with Gasteiger partial charge in [-0.3, -0.25) is 0 Å². The minimum Gasteiger partial charge on any atom is -0.143 e. The van der Waals surface area contributed by atoms with Crippen LogP contribution in [0, 0.1) is 0 Å². The van der Waals surface area contributed by atoms with Crippen LogP contribution < -0.4 is 0 Å². The number of hydrogen-bond donors (Lipinski definition) is 0. The fraction of sp³-hybridized carbons (Fsp3) is 0.545. The molecule has 134 valence electrons. The van der Waals surface area contributed by atoms with Gasteiger partial charge in [0.1, 0.15) is 0 Å². The van der Waals surface area contributed by atoms with E-state index in [1.54, 1.807) is 20.0 Å². The highest BCUT2D eigenvalue weighted by molar-refractivity contribution is 8.00. The van der Waals surface area contributed by atoms with Crippen LogP contribution in [0.5, 0.6) is 0 Å². The average Bonchev–Trinajstić information content (AvgIpc) is 3.34. The number of thiophene rings is 2. The number of benzene rings is 1. The smallest absolute Gasteiger partial charge is 0.0488 e. The van der Waals surface area contributed by atoms with Crippen molar-refractivity contribution in [1.82, 2.24) is 0 Å². The molecule has 0 saturated carbocycles. The zero-order chi connectivity index (χ0) is 17.2. The maximum atomic E-state index is 2.53. The monoisotopic (exact) mass is 388 g/mol. The third-order valence-corrected chi connectivity index (χ3v) is 9.17. The summed E-state index contributed by atoms with van der Waals surface area (Å²) in [6.45, 7) is 4.74. The van der Waals surface area contributed by atoms with Crippen LogP contribution in [0.1, 0.15) is 75.2 Å². The van der Waals surface area contributed by atoms with Crippen molar-refractivity contribution in [3.05, 3.63) is 28.0 Å². The number of thioether (sulfide) groups is 1. The van der Waals surface area contributed by atoms with Gasteiger partial charge >= 0.3 is 0 Å². The molecule has 1 unspecified atom stereocenters. The van der Waals surface area contributed by atoms with Crippen molar-refractivity contribution in [1.29, 1.82) is 0 Å². The third kappa shape index (κ3) is 3.52. The van der Waals surface area contributed by atoms with Crippen LogP contribution >= 0.6 is 34.4 Å². The van der Waals surface area contributed by atoms with Gasteiger partial charge in [0.2, 0.25) is 0 Å². The van der Waals surface area contributed by atoms with Crippen LogP contribution in [0.15, 0.2) is 22.4 Å². The molecule has 0 bridgehead atoms. The van der Waals surface area contributed by atoms with Gasteiger partial charge in [0.15, 0.2) is 0 Å². The summed E-state index contributed by atoms with van der Waals surface area (Å²) in [6, 6.07) is 4.87. The van der Waals surface area contributed by atoms with Crippen molar-refractivity contribution in [3.8, 4) is 0 Å². The van der Waals surface area contributed by atoms with Gasteiger partial charge in [-0.2, -0.15) is 0 Å². The van der Waals surface area contributed by atoms with E-state index in [0.29, 0.717) is 5.92 Å². The topological polar surface area (TPSA) is 0 Å². The number of hydrogen-bond acceptors (Lipinski definition) is 3. The van der Waals surface area contributed by atoms with E-state index < -0.39 is 0 Å². The second-order valence-corrected chi connectivity index (χ2v) is 10.5. The van der Waals surface area contributed by atoms with E-state index >= 15 is 0 Å². The Morgan fingerprint density at radius 3 is 2.76 bits per heavy atom. The van der Waals surface area contributed by atoms with E-state index in [4.69, 9.17) is 0 Å². The Balaban J connectivity index is 1.53. The van der Waals surface area contributed by atoms with Gasteiger partial charge in [0.05, 0.1) is 0 Å².